The number of rotatable bonds is 6. The summed E-state index contributed by atoms with van der Waals surface area (Å²) >= 11 is 5.77. The lowest BCUT2D eigenvalue weighted by atomic mass is 9.93. The number of aromatic nitrogens is 1. The summed E-state index contributed by atoms with van der Waals surface area (Å²) in [7, 11) is 0. The summed E-state index contributed by atoms with van der Waals surface area (Å²) in [5, 5.41) is 0.385. The molecule has 3 rings (SSSR count). The third-order valence-corrected chi connectivity index (χ3v) is 4.92. The van der Waals surface area contributed by atoms with Gasteiger partial charge in [-0.25, -0.2) is 9.37 Å². The maximum Gasteiger partial charge on any atom is 0.213 e. The third-order valence-electron chi connectivity index (χ3n) is 4.68. The summed E-state index contributed by atoms with van der Waals surface area (Å²) < 4.78 is 19.5. The van der Waals surface area contributed by atoms with Crippen molar-refractivity contribution in [1.82, 2.24) is 9.88 Å². The van der Waals surface area contributed by atoms with Crippen molar-refractivity contribution in [2.45, 2.75) is 38.7 Å². The van der Waals surface area contributed by atoms with Gasteiger partial charge >= 0.3 is 0 Å². The molecule has 0 amide bonds. The molecule has 1 saturated heterocycles. The van der Waals surface area contributed by atoms with Crippen molar-refractivity contribution in [1.29, 1.82) is 0 Å². The van der Waals surface area contributed by atoms with Crippen molar-refractivity contribution in [3.63, 3.8) is 0 Å². The van der Waals surface area contributed by atoms with Gasteiger partial charge in [0, 0.05) is 28.3 Å². The van der Waals surface area contributed by atoms with Gasteiger partial charge in [0.25, 0.3) is 0 Å². The predicted molar refractivity (Wildman–Crippen MR) is 98.7 cm³/mol. The van der Waals surface area contributed by atoms with Crippen molar-refractivity contribution < 1.29 is 9.13 Å². The highest BCUT2D eigenvalue weighted by atomic mass is 35.5. The molecule has 1 fully saturated rings. The molecular formula is C20H24ClFN2O. The second-order valence-electron chi connectivity index (χ2n) is 6.54. The molecule has 0 unspecified atom stereocenters. The minimum atomic E-state index is -0.355. The maximum atomic E-state index is 13.8. The van der Waals surface area contributed by atoms with Gasteiger partial charge in [0.15, 0.2) is 0 Å². The smallest absolute Gasteiger partial charge is 0.213 e. The summed E-state index contributed by atoms with van der Waals surface area (Å²) in [5.41, 5.74) is 1.55. The van der Waals surface area contributed by atoms with E-state index in [9.17, 15) is 4.39 Å². The van der Waals surface area contributed by atoms with Crippen molar-refractivity contribution in [3.05, 3.63) is 58.5 Å². The van der Waals surface area contributed by atoms with E-state index in [1.807, 2.05) is 12.1 Å². The Bertz CT molecular complexity index is 702. The van der Waals surface area contributed by atoms with Crippen LogP contribution in [0.25, 0.3) is 0 Å². The number of hydrogen-bond acceptors (Lipinski definition) is 3. The highest BCUT2D eigenvalue weighted by Crippen LogP contribution is 2.28. The van der Waals surface area contributed by atoms with Crippen LogP contribution in [0.15, 0.2) is 36.4 Å². The zero-order valence-electron chi connectivity index (χ0n) is 14.5. The van der Waals surface area contributed by atoms with Gasteiger partial charge in [-0.2, -0.15) is 0 Å². The molecule has 0 atom stereocenters. The Morgan fingerprint density at radius 2 is 2.04 bits per heavy atom. The molecule has 5 heteroatoms. The first kappa shape index (κ1) is 18.2. The lowest BCUT2D eigenvalue weighted by molar-refractivity contribution is 0.210. The van der Waals surface area contributed by atoms with Gasteiger partial charge in [0.05, 0.1) is 0 Å². The van der Waals surface area contributed by atoms with Gasteiger partial charge in [-0.3, -0.25) is 0 Å². The van der Waals surface area contributed by atoms with Gasteiger partial charge in [0.1, 0.15) is 12.4 Å². The molecule has 0 radical (unpaired) electrons. The minimum absolute atomic E-state index is 0.147. The molecule has 2 heterocycles. The Morgan fingerprint density at radius 1 is 1.24 bits per heavy atom. The van der Waals surface area contributed by atoms with Crippen LogP contribution in [-0.4, -0.2) is 29.5 Å². The zero-order chi connectivity index (χ0) is 17.6. The standard InChI is InChI=1S/C20H24ClFN2O/c1-2-10-24-11-8-15(9-12-24)19-4-3-5-20(23-19)25-14-16-6-7-17(21)13-18(16)22/h3-7,13,15H,2,8-12,14H2,1H3. The van der Waals surface area contributed by atoms with E-state index in [2.05, 4.69) is 22.9 Å². The molecule has 3 nitrogen and oxygen atoms in total. The molecule has 0 aliphatic carbocycles. The Balaban J connectivity index is 1.60. The van der Waals surface area contributed by atoms with E-state index in [1.165, 1.54) is 19.0 Å². The first-order valence-corrected chi connectivity index (χ1v) is 9.29. The second kappa shape index (κ2) is 8.63. The number of halogens is 2. The lowest BCUT2D eigenvalue weighted by Crippen LogP contribution is -2.33. The van der Waals surface area contributed by atoms with Gasteiger partial charge in [0.2, 0.25) is 5.88 Å². The van der Waals surface area contributed by atoms with Crippen LogP contribution in [0.2, 0.25) is 5.02 Å². The summed E-state index contributed by atoms with van der Waals surface area (Å²) in [6.07, 6.45) is 3.46. The molecular weight excluding hydrogens is 339 g/mol. The first-order valence-electron chi connectivity index (χ1n) is 8.91. The van der Waals surface area contributed by atoms with E-state index in [0.717, 1.165) is 31.6 Å². The second-order valence-corrected chi connectivity index (χ2v) is 6.98. The Labute approximate surface area is 153 Å². The number of hydrogen-bond donors (Lipinski definition) is 0. The number of pyridine rings is 1. The minimum Gasteiger partial charge on any atom is -0.473 e. The van der Waals surface area contributed by atoms with Crippen LogP contribution in [0.5, 0.6) is 5.88 Å². The Hall–Kier alpha value is -1.65. The summed E-state index contributed by atoms with van der Waals surface area (Å²) in [6, 6.07) is 10.5. The van der Waals surface area contributed by atoms with Gasteiger partial charge < -0.3 is 9.64 Å². The molecule has 0 bridgehead atoms. The molecule has 134 valence electrons. The summed E-state index contributed by atoms with van der Waals surface area (Å²) in [5.74, 6) is 0.665. The molecule has 1 aliphatic rings. The van der Waals surface area contributed by atoms with Crippen LogP contribution in [0.4, 0.5) is 4.39 Å². The number of likely N-dealkylation sites (tertiary alicyclic amines) is 1. The number of benzene rings is 1. The molecule has 0 spiro atoms. The van der Waals surface area contributed by atoms with E-state index in [4.69, 9.17) is 16.3 Å². The highest BCUT2D eigenvalue weighted by Gasteiger charge is 2.21. The number of piperidine rings is 1. The zero-order valence-corrected chi connectivity index (χ0v) is 15.3. The van der Waals surface area contributed by atoms with Crippen LogP contribution in [-0.2, 0) is 6.61 Å². The lowest BCUT2D eigenvalue weighted by Gasteiger charge is -2.31. The number of ether oxygens (including phenoxy) is 1. The molecule has 1 aromatic heterocycles. The van der Waals surface area contributed by atoms with Gasteiger partial charge in [-0.1, -0.05) is 30.7 Å². The van der Waals surface area contributed by atoms with Crippen LogP contribution in [0, 0.1) is 5.82 Å². The van der Waals surface area contributed by atoms with Crippen LogP contribution in [0.1, 0.15) is 43.4 Å². The predicted octanol–water partition coefficient (Wildman–Crippen LogP) is 5.04. The average Bonchev–Trinajstić information content (AvgIpc) is 2.62. The van der Waals surface area contributed by atoms with Crippen LogP contribution in [0.3, 0.4) is 0 Å². The van der Waals surface area contributed by atoms with Crippen LogP contribution < -0.4 is 4.74 Å². The largest absolute Gasteiger partial charge is 0.473 e. The monoisotopic (exact) mass is 362 g/mol. The molecule has 2 aromatic rings. The fraction of sp³-hybridized carbons (Fsp3) is 0.450. The van der Waals surface area contributed by atoms with Crippen molar-refractivity contribution >= 4 is 11.6 Å². The molecule has 0 N–H and O–H groups in total. The van der Waals surface area contributed by atoms with Gasteiger partial charge in [-0.05, 0) is 57.1 Å². The van der Waals surface area contributed by atoms with E-state index in [1.54, 1.807) is 12.1 Å². The van der Waals surface area contributed by atoms with Gasteiger partial charge in [-0.15, -0.1) is 0 Å². The Morgan fingerprint density at radius 3 is 2.76 bits per heavy atom. The topological polar surface area (TPSA) is 25.4 Å². The fourth-order valence-electron chi connectivity index (χ4n) is 3.30. The first-order chi connectivity index (χ1) is 12.2. The fourth-order valence-corrected chi connectivity index (χ4v) is 3.46. The molecule has 1 aromatic carbocycles. The maximum absolute atomic E-state index is 13.8. The number of nitrogens with zero attached hydrogens (tertiary/aromatic N) is 2. The van der Waals surface area contributed by atoms with Crippen LogP contribution >= 0.6 is 11.6 Å². The summed E-state index contributed by atoms with van der Waals surface area (Å²) in [6.45, 7) is 5.80. The summed E-state index contributed by atoms with van der Waals surface area (Å²) in [4.78, 5) is 7.15. The molecule has 1 aliphatic heterocycles. The van der Waals surface area contributed by atoms with E-state index < -0.39 is 0 Å². The normalized spacial score (nSPS) is 16.1. The molecule has 0 saturated carbocycles. The van der Waals surface area contributed by atoms with Crippen molar-refractivity contribution in [3.8, 4) is 5.88 Å². The van der Waals surface area contributed by atoms with E-state index >= 15 is 0 Å². The quantitative estimate of drug-likeness (QED) is 0.719. The average molecular weight is 363 g/mol. The third kappa shape index (κ3) is 4.93. The molecule has 25 heavy (non-hydrogen) atoms. The Kier molecular flexibility index (Phi) is 6.27. The highest BCUT2D eigenvalue weighted by molar-refractivity contribution is 6.30. The van der Waals surface area contributed by atoms with E-state index in [0.29, 0.717) is 22.4 Å². The van der Waals surface area contributed by atoms with E-state index in [-0.39, 0.29) is 12.4 Å². The van der Waals surface area contributed by atoms with Crippen molar-refractivity contribution in [2.75, 3.05) is 19.6 Å². The van der Waals surface area contributed by atoms with Crippen molar-refractivity contribution in [2.24, 2.45) is 0 Å². The SMILES string of the molecule is CCCN1CCC(c2cccc(OCc3ccc(Cl)cc3F)n2)CC1.